The van der Waals surface area contributed by atoms with Gasteiger partial charge in [-0.05, 0) is 35.2 Å². The van der Waals surface area contributed by atoms with Gasteiger partial charge in [-0.25, -0.2) is 0 Å². The van der Waals surface area contributed by atoms with Crippen LogP contribution in [0.1, 0.15) is 29.0 Å². The summed E-state index contributed by atoms with van der Waals surface area (Å²) in [6, 6.07) is 27.7. The molecular formula is C24H25BrO3. The second kappa shape index (κ2) is 9.99. The summed E-state index contributed by atoms with van der Waals surface area (Å²) in [6.07, 6.45) is 0.484. The normalized spacial score (nSPS) is 14.4. The lowest BCUT2D eigenvalue weighted by Crippen LogP contribution is -2.41. The van der Waals surface area contributed by atoms with Crippen molar-refractivity contribution < 1.29 is 14.9 Å². The zero-order chi connectivity index (χ0) is 19.8. The maximum atomic E-state index is 10.6. The van der Waals surface area contributed by atoms with E-state index in [1.807, 2.05) is 84.9 Å². The van der Waals surface area contributed by atoms with Crippen molar-refractivity contribution >= 4 is 15.9 Å². The fourth-order valence-corrected chi connectivity index (χ4v) is 4.12. The van der Waals surface area contributed by atoms with Gasteiger partial charge in [0.15, 0.2) is 0 Å². The van der Waals surface area contributed by atoms with E-state index in [1.165, 1.54) is 0 Å². The molecule has 0 bridgehead atoms. The molecule has 2 atom stereocenters. The molecule has 0 aliphatic rings. The number of halogens is 1. The molecule has 28 heavy (non-hydrogen) atoms. The number of benzene rings is 3. The molecule has 3 nitrogen and oxygen atoms in total. The number of hydrogen-bond donors (Lipinski definition) is 2. The highest BCUT2D eigenvalue weighted by Crippen LogP contribution is 2.43. The number of aliphatic hydroxyl groups is 2. The van der Waals surface area contributed by atoms with Gasteiger partial charge in [-0.1, -0.05) is 88.7 Å². The molecule has 3 rings (SSSR count). The lowest BCUT2D eigenvalue weighted by atomic mass is 9.75. The Balaban J connectivity index is 2.04. The van der Waals surface area contributed by atoms with Crippen molar-refractivity contribution in [3.8, 4) is 0 Å². The van der Waals surface area contributed by atoms with Crippen molar-refractivity contribution in [3.05, 3.63) is 106 Å². The lowest BCUT2D eigenvalue weighted by molar-refractivity contribution is -0.116. The largest absolute Gasteiger partial charge is 0.396 e. The highest BCUT2D eigenvalue weighted by molar-refractivity contribution is 9.10. The van der Waals surface area contributed by atoms with E-state index < -0.39 is 5.60 Å². The molecule has 0 unspecified atom stereocenters. The van der Waals surface area contributed by atoms with Crippen molar-refractivity contribution in [3.63, 3.8) is 0 Å². The Morgan fingerprint density at radius 2 is 1.54 bits per heavy atom. The smallest absolute Gasteiger partial charge is 0.123 e. The van der Waals surface area contributed by atoms with Crippen LogP contribution in [-0.2, 0) is 16.9 Å². The minimum absolute atomic E-state index is 0.00832. The minimum atomic E-state index is -0.965. The van der Waals surface area contributed by atoms with Gasteiger partial charge in [0.25, 0.3) is 0 Å². The van der Waals surface area contributed by atoms with Gasteiger partial charge >= 0.3 is 0 Å². The fourth-order valence-electron chi connectivity index (χ4n) is 3.67. The third-order valence-corrected chi connectivity index (χ3v) is 5.56. The third kappa shape index (κ3) is 4.70. The third-order valence-electron chi connectivity index (χ3n) is 5.07. The molecule has 0 saturated heterocycles. The summed E-state index contributed by atoms with van der Waals surface area (Å²) in [7, 11) is 0. The summed E-state index contributed by atoms with van der Waals surface area (Å²) in [5, 5.41) is 20.4. The van der Waals surface area contributed by atoms with Crippen LogP contribution in [0.3, 0.4) is 0 Å². The Kier molecular flexibility index (Phi) is 7.40. The van der Waals surface area contributed by atoms with E-state index in [2.05, 4.69) is 15.9 Å². The monoisotopic (exact) mass is 440 g/mol. The lowest BCUT2D eigenvalue weighted by Gasteiger charge is -2.40. The van der Waals surface area contributed by atoms with Crippen LogP contribution in [0.2, 0.25) is 0 Å². The Morgan fingerprint density at radius 1 is 0.857 bits per heavy atom. The Bertz CT molecular complexity index is 854. The summed E-state index contributed by atoms with van der Waals surface area (Å²) in [5.74, 6) is -0.196. The first-order valence-corrected chi connectivity index (χ1v) is 10.2. The van der Waals surface area contributed by atoms with E-state index in [0.717, 1.165) is 21.2 Å². The molecule has 0 spiro atoms. The van der Waals surface area contributed by atoms with E-state index in [4.69, 9.17) is 4.74 Å². The average Bonchev–Trinajstić information content (AvgIpc) is 2.75. The van der Waals surface area contributed by atoms with E-state index in [0.29, 0.717) is 13.0 Å². The summed E-state index contributed by atoms with van der Waals surface area (Å²) < 4.78 is 7.48. The van der Waals surface area contributed by atoms with Crippen molar-refractivity contribution in [1.82, 2.24) is 0 Å². The number of ether oxygens (including phenoxy) is 1. The van der Waals surface area contributed by atoms with Gasteiger partial charge in [-0.15, -0.1) is 0 Å². The van der Waals surface area contributed by atoms with Crippen LogP contribution >= 0.6 is 15.9 Å². The molecule has 0 aliphatic carbocycles. The predicted octanol–water partition coefficient (Wildman–Crippen LogP) is 5.02. The van der Waals surface area contributed by atoms with Gasteiger partial charge < -0.3 is 14.9 Å². The maximum absolute atomic E-state index is 10.6. The molecule has 3 aromatic carbocycles. The molecule has 0 heterocycles. The molecule has 2 N–H and O–H groups in total. The van der Waals surface area contributed by atoms with E-state index >= 15 is 0 Å². The van der Waals surface area contributed by atoms with E-state index in [-0.39, 0.29) is 19.1 Å². The molecule has 146 valence electrons. The van der Waals surface area contributed by atoms with Crippen LogP contribution in [0, 0.1) is 0 Å². The summed E-state index contributed by atoms with van der Waals surface area (Å²) in [6.45, 7) is 0.169. The second-order valence-electron chi connectivity index (χ2n) is 6.81. The van der Waals surface area contributed by atoms with E-state index in [1.54, 1.807) is 0 Å². The van der Waals surface area contributed by atoms with E-state index in [9.17, 15) is 10.2 Å². The molecule has 0 aliphatic heterocycles. The molecule has 0 amide bonds. The standard InChI is InChI=1S/C24H25BrO3/c25-22-13-7-8-19(16-22)17-28-24(18-27,21-11-5-2-6-12-21)23(14-15-26)20-9-3-1-4-10-20/h1-13,16,23,26-27H,14-15,17-18H2/t23-,24-/m0/s1. The van der Waals surface area contributed by atoms with Gasteiger partial charge in [0.05, 0.1) is 13.2 Å². The van der Waals surface area contributed by atoms with Crippen LogP contribution in [0.25, 0.3) is 0 Å². The summed E-state index contributed by atoms with van der Waals surface area (Å²) >= 11 is 3.50. The van der Waals surface area contributed by atoms with Gasteiger partial charge in [-0.2, -0.15) is 0 Å². The second-order valence-corrected chi connectivity index (χ2v) is 7.72. The molecule has 0 aromatic heterocycles. The number of aliphatic hydroxyl groups excluding tert-OH is 2. The number of hydrogen-bond acceptors (Lipinski definition) is 3. The van der Waals surface area contributed by atoms with Crippen LogP contribution in [-0.4, -0.2) is 23.4 Å². The number of rotatable bonds is 9. The van der Waals surface area contributed by atoms with Gasteiger partial charge in [0, 0.05) is 17.0 Å². The Labute approximate surface area is 174 Å². The molecule has 4 heteroatoms. The highest BCUT2D eigenvalue weighted by Gasteiger charge is 2.42. The Hall–Kier alpha value is -1.98. The first-order chi connectivity index (χ1) is 13.7. The van der Waals surface area contributed by atoms with Crippen LogP contribution in [0.4, 0.5) is 0 Å². The zero-order valence-electron chi connectivity index (χ0n) is 15.7. The average molecular weight is 441 g/mol. The summed E-state index contributed by atoms with van der Waals surface area (Å²) in [5.41, 5.74) is 1.98. The van der Waals surface area contributed by atoms with Crippen LogP contribution in [0.5, 0.6) is 0 Å². The van der Waals surface area contributed by atoms with Crippen molar-refractivity contribution in [1.29, 1.82) is 0 Å². The van der Waals surface area contributed by atoms with Crippen LogP contribution < -0.4 is 0 Å². The first-order valence-electron chi connectivity index (χ1n) is 9.40. The Morgan fingerprint density at radius 3 is 2.14 bits per heavy atom. The molecule has 0 radical (unpaired) electrons. The quantitative estimate of drug-likeness (QED) is 0.490. The molecule has 0 fully saturated rings. The van der Waals surface area contributed by atoms with Crippen LogP contribution in [0.15, 0.2) is 89.4 Å². The summed E-state index contributed by atoms with van der Waals surface area (Å²) in [4.78, 5) is 0. The SMILES string of the molecule is OCC[C@@H](c1ccccc1)[C@@](CO)(OCc1cccc(Br)c1)c1ccccc1. The van der Waals surface area contributed by atoms with Gasteiger partial charge in [0.1, 0.15) is 5.60 Å². The fraction of sp³-hybridized carbons (Fsp3) is 0.250. The maximum Gasteiger partial charge on any atom is 0.123 e. The topological polar surface area (TPSA) is 49.7 Å². The van der Waals surface area contributed by atoms with Crippen molar-refractivity contribution in [2.24, 2.45) is 0 Å². The molecule has 3 aromatic rings. The molecule has 0 saturated carbocycles. The molecular weight excluding hydrogens is 416 g/mol. The predicted molar refractivity (Wildman–Crippen MR) is 115 cm³/mol. The highest BCUT2D eigenvalue weighted by atomic mass is 79.9. The zero-order valence-corrected chi connectivity index (χ0v) is 17.3. The minimum Gasteiger partial charge on any atom is -0.396 e. The first kappa shape index (κ1) is 20.7. The van der Waals surface area contributed by atoms with Crippen molar-refractivity contribution in [2.75, 3.05) is 13.2 Å². The van der Waals surface area contributed by atoms with Gasteiger partial charge in [0.2, 0.25) is 0 Å². The van der Waals surface area contributed by atoms with Gasteiger partial charge in [-0.3, -0.25) is 0 Å². The van der Waals surface area contributed by atoms with Crippen molar-refractivity contribution in [2.45, 2.75) is 24.5 Å².